The van der Waals surface area contributed by atoms with Gasteiger partial charge in [-0.05, 0) is 55.5 Å². The van der Waals surface area contributed by atoms with Crippen LogP contribution < -0.4 is 10.6 Å². The average molecular weight is 394 g/mol. The lowest BCUT2D eigenvalue weighted by Crippen LogP contribution is -2.41. The van der Waals surface area contributed by atoms with Crippen LogP contribution in [-0.2, 0) is 20.7 Å². The maximum absolute atomic E-state index is 12.5. The van der Waals surface area contributed by atoms with E-state index in [1.807, 2.05) is 29.2 Å². The quantitative estimate of drug-likeness (QED) is 0.818. The van der Waals surface area contributed by atoms with E-state index < -0.39 is 0 Å². The van der Waals surface area contributed by atoms with E-state index in [1.165, 1.54) is 0 Å². The first-order valence-corrected chi connectivity index (χ1v) is 9.62. The number of anilines is 1. The lowest BCUT2D eigenvalue weighted by atomic mass is 9.92. The largest absolute Gasteiger partial charge is 0.378 e. The van der Waals surface area contributed by atoms with Crippen molar-refractivity contribution >= 4 is 29.9 Å². The van der Waals surface area contributed by atoms with Gasteiger partial charge in [0.2, 0.25) is 11.8 Å². The first kappa shape index (κ1) is 20.1. The van der Waals surface area contributed by atoms with E-state index in [0.29, 0.717) is 32.7 Å². The molecule has 0 bridgehead atoms. The van der Waals surface area contributed by atoms with E-state index in [0.717, 1.165) is 43.6 Å². The number of piperidine rings is 1. The highest BCUT2D eigenvalue weighted by molar-refractivity contribution is 5.95. The van der Waals surface area contributed by atoms with Gasteiger partial charge in [-0.2, -0.15) is 0 Å². The summed E-state index contributed by atoms with van der Waals surface area (Å²) in [6.45, 7) is 4.63. The minimum absolute atomic E-state index is 0. The van der Waals surface area contributed by atoms with Crippen molar-refractivity contribution in [1.29, 1.82) is 0 Å². The molecule has 4 rings (SSSR count). The van der Waals surface area contributed by atoms with Crippen LogP contribution in [0.15, 0.2) is 24.3 Å². The Hall–Kier alpha value is -1.63. The summed E-state index contributed by atoms with van der Waals surface area (Å²) in [6.07, 6.45) is 3.63. The average Bonchev–Trinajstić information content (AvgIpc) is 3.37. The highest BCUT2D eigenvalue weighted by atomic mass is 35.5. The predicted octanol–water partition coefficient (Wildman–Crippen LogP) is 1.84. The molecule has 0 aromatic heterocycles. The second-order valence-corrected chi connectivity index (χ2v) is 7.73. The van der Waals surface area contributed by atoms with Gasteiger partial charge < -0.3 is 20.3 Å². The van der Waals surface area contributed by atoms with Crippen molar-refractivity contribution < 1.29 is 14.3 Å². The molecule has 2 N–H and O–H groups in total. The van der Waals surface area contributed by atoms with Gasteiger partial charge in [0.1, 0.15) is 0 Å². The zero-order valence-corrected chi connectivity index (χ0v) is 16.4. The molecule has 2 aliphatic heterocycles. The number of benzene rings is 1. The van der Waals surface area contributed by atoms with Crippen molar-refractivity contribution in [1.82, 2.24) is 10.2 Å². The fourth-order valence-corrected chi connectivity index (χ4v) is 4.23. The molecule has 2 saturated heterocycles. The molecule has 1 spiro atoms. The van der Waals surface area contributed by atoms with Gasteiger partial charge in [0.25, 0.3) is 0 Å². The normalized spacial score (nSPS) is 23.4. The third kappa shape index (κ3) is 4.62. The maximum Gasteiger partial charge on any atom is 0.228 e. The van der Waals surface area contributed by atoms with Crippen LogP contribution in [0, 0.1) is 11.3 Å². The van der Waals surface area contributed by atoms with E-state index in [2.05, 4.69) is 10.6 Å². The van der Waals surface area contributed by atoms with Crippen molar-refractivity contribution in [2.24, 2.45) is 11.3 Å². The first-order chi connectivity index (χ1) is 12.7. The topological polar surface area (TPSA) is 70.7 Å². The second-order valence-electron chi connectivity index (χ2n) is 7.73. The van der Waals surface area contributed by atoms with Crippen molar-refractivity contribution in [3.63, 3.8) is 0 Å². The number of rotatable bonds is 4. The Balaban J connectivity index is 0.00000210. The monoisotopic (exact) mass is 393 g/mol. The first-order valence-electron chi connectivity index (χ1n) is 9.62. The van der Waals surface area contributed by atoms with Gasteiger partial charge >= 0.3 is 0 Å². The van der Waals surface area contributed by atoms with E-state index in [1.54, 1.807) is 0 Å². The smallest absolute Gasteiger partial charge is 0.228 e. The molecule has 1 aliphatic carbocycles. The summed E-state index contributed by atoms with van der Waals surface area (Å²) >= 11 is 0. The lowest BCUT2D eigenvalue weighted by molar-refractivity contribution is -0.134. The molecule has 3 aliphatic rings. The number of carbonyl (C=O) groups is 2. The Morgan fingerprint density at radius 1 is 1.15 bits per heavy atom. The van der Waals surface area contributed by atoms with Crippen LogP contribution in [0.3, 0.4) is 0 Å². The van der Waals surface area contributed by atoms with Crippen LogP contribution in [0.1, 0.15) is 24.8 Å². The summed E-state index contributed by atoms with van der Waals surface area (Å²) in [7, 11) is 0. The van der Waals surface area contributed by atoms with E-state index >= 15 is 0 Å². The van der Waals surface area contributed by atoms with Gasteiger partial charge in [0.05, 0.1) is 19.6 Å². The SMILES string of the molecule is Cl.O=C(Nc1ccc(CC(=O)N2CCOCC2)cc1)C1CC12CCNCC2. The van der Waals surface area contributed by atoms with Crippen LogP contribution in [0.2, 0.25) is 0 Å². The third-order valence-electron chi connectivity index (χ3n) is 6.05. The predicted molar refractivity (Wildman–Crippen MR) is 106 cm³/mol. The van der Waals surface area contributed by atoms with Crippen molar-refractivity contribution in [3.05, 3.63) is 29.8 Å². The summed E-state index contributed by atoms with van der Waals surface area (Å²) in [5.74, 6) is 0.437. The molecule has 148 valence electrons. The molecule has 3 fully saturated rings. The van der Waals surface area contributed by atoms with Gasteiger partial charge in [-0.15, -0.1) is 12.4 Å². The van der Waals surface area contributed by atoms with Crippen molar-refractivity contribution in [3.8, 4) is 0 Å². The minimum Gasteiger partial charge on any atom is -0.378 e. The van der Waals surface area contributed by atoms with E-state index in [4.69, 9.17) is 4.74 Å². The molecular formula is C20H28ClN3O3. The van der Waals surface area contributed by atoms with Gasteiger partial charge in [-0.1, -0.05) is 12.1 Å². The van der Waals surface area contributed by atoms with Gasteiger partial charge in [-0.25, -0.2) is 0 Å². The number of carbonyl (C=O) groups excluding carboxylic acids is 2. The number of nitrogens with one attached hydrogen (secondary N) is 2. The van der Waals surface area contributed by atoms with Gasteiger partial charge in [0.15, 0.2) is 0 Å². The second kappa shape index (κ2) is 8.59. The van der Waals surface area contributed by atoms with Crippen molar-refractivity contribution in [2.45, 2.75) is 25.7 Å². The zero-order valence-electron chi connectivity index (χ0n) is 15.5. The van der Waals surface area contributed by atoms with Crippen molar-refractivity contribution in [2.75, 3.05) is 44.7 Å². The molecule has 2 amide bonds. The van der Waals surface area contributed by atoms with Crippen LogP contribution in [-0.4, -0.2) is 56.1 Å². The van der Waals surface area contributed by atoms with Crippen LogP contribution in [0.25, 0.3) is 0 Å². The molecule has 2 heterocycles. The molecular weight excluding hydrogens is 366 g/mol. The minimum atomic E-state index is 0. The summed E-state index contributed by atoms with van der Waals surface area (Å²) in [6, 6.07) is 7.66. The van der Waals surface area contributed by atoms with E-state index in [9.17, 15) is 9.59 Å². The number of hydrogen-bond acceptors (Lipinski definition) is 4. The molecule has 1 saturated carbocycles. The molecule has 7 heteroatoms. The molecule has 27 heavy (non-hydrogen) atoms. The van der Waals surface area contributed by atoms with Crippen LogP contribution >= 0.6 is 12.4 Å². The maximum atomic E-state index is 12.5. The summed E-state index contributed by atoms with van der Waals surface area (Å²) in [4.78, 5) is 26.7. The molecule has 0 radical (unpaired) electrons. The Morgan fingerprint density at radius 2 is 1.81 bits per heavy atom. The number of morpholine rings is 1. The summed E-state index contributed by atoms with van der Waals surface area (Å²) in [5.41, 5.74) is 2.04. The highest BCUT2D eigenvalue weighted by Crippen LogP contribution is 2.58. The Bertz CT molecular complexity index is 668. The number of amides is 2. The van der Waals surface area contributed by atoms with E-state index in [-0.39, 0.29) is 35.6 Å². The zero-order chi connectivity index (χ0) is 18.0. The molecule has 6 nitrogen and oxygen atoms in total. The highest BCUT2D eigenvalue weighted by Gasteiger charge is 2.57. The Morgan fingerprint density at radius 3 is 2.48 bits per heavy atom. The lowest BCUT2D eigenvalue weighted by Gasteiger charge is -2.26. The van der Waals surface area contributed by atoms with Crippen LogP contribution in [0.5, 0.6) is 0 Å². The molecule has 1 atom stereocenters. The fraction of sp³-hybridized carbons (Fsp3) is 0.600. The number of ether oxygens (including phenoxy) is 1. The third-order valence-corrected chi connectivity index (χ3v) is 6.05. The Kier molecular flexibility index (Phi) is 6.40. The summed E-state index contributed by atoms with van der Waals surface area (Å²) in [5, 5.41) is 6.41. The number of hydrogen-bond donors (Lipinski definition) is 2. The number of halogens is 1. The Labute approximate surface area is 166 Å². The summed E-state index contributed by atoms with van der Waals surface area (Å²) < 4.78 is 5.28. The molecule has 1 aromatic rings. The fourth-order valence-electron chi connectivity index (χ4n) is 4.23. The molecule has 1 unspecified atom stereocenters. The van der Waals surface area contributed by atoms with Crippen LogP contribution in [0.4, 0.5) is 5.69 Å². The standard InChI is InChI=1S/C20H27N3O3.ClH/c24-18(23-9-11-26-12-10-23)13-15-1-3-16(4-2-15)22-19(25)17-14-20(17)5-7-21-8-6-20;/h1-4,17,21H,5-14H2,(H,22,25);1H. The molecule has 1 aromatic carbocycles. The van der Waals surface area contributed by atoms with Gasteiger partial charge in [0, 0.05) is 24.7 Å². The number of nitrogens with zero attached hydrogens (tertiary/aromatic N) is 1. The van der Waals surface area contributed by atoms with Gasteiger partial charge in [-0.3, -0.25) is 9.59 Å².